The fraction of sp³-hybridized carbons (Fsp3) is 0.889. The maximum Gasteiger partial charge on any atom is 0.140 e. The molecule has 6 aliphatic rings. The summed E-state index contributed by atoms with van der Waals surface area (Å²) in [7, 11) is 0. The number of Topliss-reactive ketones (excluding diaryl/α,β-unsaturated/α-hetero) is 1. The lowest BCUT2D eigenvalue weighted by atomic mass is 9.56. The van der Waals surface area contributed by atoms with Crippen LogP contribution in [0.5, 0.6) is 0 Å². The first-order valence-corrected chi connectivity index (χ1v) is 13.1. The minimum atomic E-state index is -0.220. The molecule has 0 bridgehead atoms. The van der Waals surface area contributed by atoms with Gasteiger partial charge in [0.1, 0.15) is 5.78 Å². The van der Waals surface area contributed by atoms with E-state index in [-0.39, 0.29) is 29.0 Å². The van der Waals surface area contributed by atoms with Gasteiger partial charge in [-0.05, 0) is 80.6 Å². The van der Waals surface area contributed by atoms with Gasteiger partial charge in [-0.25, -0.2) is 0 Å². The number of ether oxygens (including phenoxy) is 1. The van der Waals surface area contributed by atoms with Crippen LogP contribution in [0.4, 0.5) is 0 Å². The van der Waals surface area contributed by atoms with Crippen molar-refractivity contribution >= 4 is 5.78 Å². The Morgan fingerprint density at radius 3 is 2.74 bits per heavy atom. The molecule has 6 rings (SSSR count). The Hall–Kier alpha value is -0.710. The van der Waals surface area contributed by atoms with Crippen LogP contribution in [0, 0.1) is 46.8 Å². The minimum Gasteiger partial charge on any atom is -0.393 e. The summed E-state index contributed by atoms with van der Waals surface area (Å²) in [6, 6.07) is 0.444. The van der Waals surface area contributed by atoms with E-state index < -0.39 is 0 Å². The van der Waals surface area contributed by atoms with Crippen molar-refractivity contribution in [3.63, 3.8) is 0 Å². The number of carbonyl (C=O) groups excluding carboxylic acids is 1. The Morgan fingerprint density at radius 1 is 1.13 bits per heavy atom. The predicted octanol–water partition coefficient (Wildman–Crippen LogP) is 4.12. The summed E-state index contributed by atoms with van der Waals surface area (Å²) >= 11 is 0. The first kappa shape index (κ1) is 20.9. The maximum absolute atomic E-state index is 14.2. The van der Waals surface area contributed by atoms with E-state index in [9.17, 15) is 9.90 Å². The second-order valence-electron chi connectivity index (χ2n) is 12.5. The zero-order valence-corrected chi connectivity index (χ0v) is 19.8. The van der Waals surface area contributed by atoms with Crippen molar-refractivity contribution in [2.75, 3.05) is 6.54 Å². The normalized spacial score (nSPS) is 58.4. The maximum atomic E-state index is 14.2. The molecule has 1 unspecified atom stereocenters. The minimum absolute atomic E-state index is 0.0312. The highest BCUT2D eigenvalue weighted by atomic mass is 16.5. The van der Waals surface area contributed by atoms with Gasteiger partial charge in [0.05, 0.1) is 17.8 Å². The van der Waals surface area contributed by atoms with Crippen LogP contribution >= 0.6 is 0 Å². The standard InChI is InChI=1S/C27H41NO3/c1-14-11-21-24(28-13-14)16(3)27(31-21)10-8-19-20-6-5-17-12-18(29)7-9-26(17,4)23(20)25(30)22(19)15(27)2/h5,14-16,18-24,28-29H,6-13H2,1-4H3/t14-,15+,16+,18-,19-,20-,21+,22+,23+,24-,26-,27?/m0/s1. The molecular weight excluding hydrogens is 386 g/mol. The number of hydrogen-bond donors (Lipinski definition) is 2. The zero-order valence-electron chi connectivity index (χ0n) is 19.8. The van der Waals surface area contributed by atoms with Gasteiger partial charge >= 0.3 is 0 Å². The summed E-state index contributed by atoms with van der Waals surface area (Å²) < 4.78 is 6.98. The number of carbonyl (C=O) groups is 1. The Labute approximate surface area is 187 Å². The summed E-state index contributed by atoms with van der Waals surface area (Å²) in [5.74, 6) is 3.29. The molecule has 0 radical (unpaired) electrons. The average molecular weight is 428 g/mol. The van der Waals surface area contributed by atoms with Crippen LogP contribution in [0.15, 0.2) is 11.6 Å². The van der Waals surface area contributed by atoms with E-state index in [4.69, 9.17) is 4.74 Å². The van der Waals surface area contributed by atoms with Gasteiger partial charge < -0.3 is 15.2 Å². The number of aliphatic hydroxyl groups excluding tert-OH is 1. The van der Waals surface area contributed by atoms with E-state index in [2.05, 4.69) is 39.1 Å². The third-order valence-corrected chi connectivity index (χ3v) is 11.2. The van der Waals surface area contributed by atoms with Crippen LogP contribution in [0.1, 0.15) is 72.6 Å². The Kier molecular flexibility index (Phi) is 4.64. The smallest absolute Gasteiger partial charge is 0.140 e. The van der Waals surface area contributed by atoms with Crippen LogP contribution in [0.3, 0.4) is 0 Å². The molecular formula is C27H41NO3. The number of aliphatic hydroxyl groups is 1. The summed E-state index contributed by atoms with van der Waals surface area (Å²) in [5.41, 5.74) is 1.20. The lowest BCUT2D eigenvalue weighted by Crippen LogP contribution is -2.53. The molecule has 0 aromatic rings. The molecule has 0 amide bonds. The van der Waals surface area contributed by atoms with Crippen LogP contribution in [0.25, 0.3) is 0 Å². The molecule has 4 aliphatic carbocycles. The molecule has 4 nitrogen and oxygen atoms in total. The number of allylic oxidation sites excluding steroid dienone is 1. The van der Waals surface area contributed by atoms with Crippen molar-refractivity contribution in [2.24, 2.45) is 46.8 Å². The SMILES string of the molecule is C[C@@H]1CN[C@H]2[C@@H](C)C3(CC[C@H]4[C@@H]5CC=C6C[C@@H](O)CC[C@]6(C)[C@H]5C(=O)[C@@H]4[C@H]3C)O[C@@H]2C1. The molecule has 172 valence electrons. The molecule has 0 aromatic carbocycles. The molecule has 31 heavy (non-hydrogen) atoms. The third kappa shape index (κ3) is 2.68. The molecule has 12 atom stereocenters. The van der Waals surface area contributed by atoms with E-state index >= 15 is 0 Å². The predicted molar refractivity (Wildman–Crippen MR) is 120 cm³/mol. The van der Waals surface area contributed by atoms with Gasteiger partial charge in [-0.2, -0.15) is 0 Å². The molecule has 2 aliphatic heterocycles. The molecule has 2 heterocycles. The fourth-order valence-electron chi connectivity index (χ4n) is 9.56. The molecule has 2 N–H and O–H groups in total. The topological polar surface area (TPSA) is 58.6 Å². The average Bonchev–Trinajstić information content (AvgIpc) is 3.18. The monoisotopic (exact) mass is 427 g/mol. The second-order valence-corrected chi connectivity index (χ2v) is 12.5. The van der Waals surface area contributed by atoms with E-state index in [1.54, 1.807) is 0 Å². The number of hydrogen-bond acceptors (Lipinski definition) is 4. The van der Waals surface area contributed by atoms with Gasteiger partial charge in [-0.3, -0.25) is 4.79 Å². The molecule has 4 heteroatoms. The van der Waals surface area contributed by atoms with E-state index in [1.807, 2.05) is 0 Å². The van der Waals surface area contributed by atoms with Gasteiger partial charge in [0.25, 0.3) is 0 Å². The van der Waals surface area contributed by atoms with Crippen molar-refractivity contribution in [1.29, 1.82) is 0 Å². The Balaban J connectivity index is 1.32. The van der Waals surface area contributed by atoms with Crippen LogP contribution in [-0.4, -0.2) is 41.3 Å². The summed E-state index contributed by atoms with van der Waals surface area (Å²) in [6.45, 7) is 10.5. The van der Waals surface area contributed by atoms with Crippen molar-refractivity contribution in [1.82, 2.24) is 5.32 Å². The largest absolute Gasteiger partial charge is 0.393 e. The number of fused-ring (bicyclic) bond motifs is 6. The summed E-state index contributed by atoms with van der Waals surface area (Å²) in [6.07, 6.45) is 9.53. The van der Waals surface area contributed by atoms with Gasteiger partial charge in [0.2, 0.25) is 0 Å². The number of piperidine rings is 1. The van der Waals surface area contributed by atoms with Gasteiger partial charge in [0, 0.05) is 23.8 Å². The highest BCUT2D eigenvalue weighted by Crippen LogP contribution is 2.65. The van der Waals surface area contributed by atoms with Crippen molar-refractivity contribution < 1.29 is 14.6 Å². The lowest BCUT2D eigenvalue weighted by Gasteiger charge is -2.49. The fourth-order valence-corrected chi connectivity index (χ4v) is 9.56. The lowest BCUT2D eigenvalue weighted by molar-refractivity contribution is -0.153. The van der Waals surface area contributed by atoms with E-state index in [0.29, 0.717) is 47.5 Å². The van der Waals surface area contributed by atoms with Crippen LogP contribution in [-0.2, 0) is 9.53 Å². The van der Waals surface area contributed by atoms with E-state index in [0.717, 1.165) is 51.5 Å². The van der Waals surface area contributed by atoms with Crippen molar-refractivity contribution in [3.05, 3.63) is 11.6 Å². The molecule has 2 saturated heterocycles. The molecule has 3 saturated carbocycles. The van der Waals surface area contributed by atoms with Crippen molar-refractivity contribution in [3.8, 4) is 0 Å². The summed E-state index contributed by atoms with van der Waals surface area (Å²) in [4.78, 5) is 14.2. The molecule has 1 spiro atoms. The third-order valence-electron chi connectivity index (χ3n) is 11.2. The molecule has 5 fully saturated rings. The highest BCUT2D eigenvalue weighted by molar-refractivity contribution is 5.88. The van der Waals surface area contributed by atoms with Gasteiger partial charge in [-0.15, -0.1) is 0 Å². The first-order valence-electron chi connectivity index (χ1n) is 13.1. The van der Waals surface area contributed by atoms with Crippen LogP contribution < -0.4 is 5.32 Å². The van der Waals surface area contributed by atoms with Gasteiger partial charge in [-0.1, -0.05) is 39.3 Å². The van der Waals surface area contributed by atoms with Crippen molar-refractivity contribution in [2.45, 2.75) is 96.5 Å². The Bertz CT molecular complexity index is 808. The quantitative estimate of drug-likeness (QED) is 0.571. The van der Waals surface area contributed by atoms with Crippen LogP contribution in [0.2, 0.25) is 0 Å². The zero-order chi connectivity index (χ0) is 21.7. The molecule has 0 aromatic heterocycles. The summed E-state index contributed by atoms with van der Waals surface area (Å²) in [5, 5.41) is 14.1. The number of nitrogens with one attached hydrogen (secondary N) is 1. The highest BCUT2D eigenvalue weighted by Gasteiger charge is 2.67. The van der Waals surface area contributed by atoms with E-state index in [1.165, 1.54) is 5.57 Å². The number of rotatable bonds is 0. The second kappa shape index (κ2) is 6.90. The van der Waals surface area contributed by atoms with Gasteiger partial charge in [0.15, 0.2) is 0 Å². The first-order chi connectivity index (χ1) is 14.8. The number of ketones is 1. The Morgan fingerprint density at radius 2 is 1.94 bits per heavy atom.